The second-order valence-corrected chi connectivity index (χ2v) is 7.16. The molecular formula is C16H22N2S. The lowest BCUT2D eigenvalue weighted by Gasteiger charge is -2.23. The van der Waals surface area contributed by atoms with Crippen molar-refractivity contribution in [1.29, 1.82) is 0 Å². The van der Waals surface area contributed by atoms with Gasteiger partial charge in [-0.1, -0.05) is 18.2 Å². The summed E-state index contributed by atoms with van der Waals surface area (Å²) in [6.45, 7) is 3.82. The highest BCUT2D eigenvalue weighted by Crippen LogP contribution is 2.39. The van der Waals surface area contributed by atoms with Gasteiger partial charge in [0.05, 0.1) is 0 Å². The van der Waals surface area contributed by atoms with Crippen LogP contribution >= 0.6 is 11.8 Å². The molecule has 1 aromatic carbocycles. The number of nitrogens with one attached hydrogen (secondary N) is 1. The molecule has 0 saturated carbocycles. The molecular weight excluding hydrogens is 252 g/mol. The zero-order valence-electron chi connectivity index (χ0n) is 11.3. The number of rotatable bonds is 3. The predicted octanol–water partition coefficient (Wildman–Crippen LogP) is 2.70. The van der Waals surface area contributed by atoms with E-state index in [4.69, 9.17) is 0 Å². The molecule has 3 heteroatoms. The molecule has 0 radical (unpaired) electrons. The van der Waals surface area contributed by atoms with E-state index in [1.54, 1.807) is 5.56 Å². The van der Waals surface area contributed by atoms with Crippen molar-refractivity contribution in [2.75, 3.05) is 25.4 Å². The van der Waals surface area contributed by atoms with Gasteiger partial charge in [-0.15, -0.1) is 11.8 Å². The van der Waals surface area contributed by atoms with Crippen LogP contribution in [0.1, 0.15) is 30.7 Å². The van der Waals surface area contributed by atoms with E-state index in [0.29, 0.717) is 0 Å². The lowest BCUT2D eigenvalue weighted by atomic mass is 10.00. The van der Waals surface area contributed by atoms with Crippen LogP contribution < -0.4 is 5.32 Å². The highest BCUT2D eigenvalue weighted by molar-refractivity contribution is 7.99. The third-order valence-corrected chi connectivity index (χ3v) is 6.28. The van der Waals surface area contributed by atoms with Gasteiger partial charge in [0.1, 0.15) is 0 Å². The number of thioether (sulfide) groups is 1. The zero-order valence-corrected chi connectivity index (χ0v) is 12.2. The van der Waals surface area contributed by atoms with Gasteiger partial charge in [0.25, 0.3) is 0 Å². The van der Waals surface area contributed by atoms with Crippen molar-refractivity contribution < 1.29 is 0 Å². The molecule has 0 amide bonds. The molecule has 2 saturated heterocycles. The monoisotopic (exact) mass is 274 g/mol. The Labute approximate surface area is 119 Å². The topological polar surface area (TPSA) is 15.3 Å². The molecule has 2 nitrogen and oxygen atoms in total. The Morgan fingerprint density at radius 1 is 1.21 bits per heavy atom. The van der Waals surface area contributed by atoms with Crippen molar-refractivity contribution >= 4 is 11.8 Å². The van der Waals surface area contributed by atoms with Crippen LogP contribution in [0.5, 0.6) is 0 Å². The molecule has 1 N–H and O–H groups in total. The van der Waals surface area contributed by atoms with E-state index in [1.165, 1.54) is 49.5 Å². The molecule has 0 spiro atoms. The molecule has 102 valence electrons. The van der Waals surface area contributed by atoms with Crippen LogP contribution in [-0.2, 0) is 0 Å². The minimum Gasteiger partial charge on any atom is -0.312 e. The lowest BCUT2D eigenvalue weighted by molar-refractivity contribution is 0.298. The minimum absolute atomic E-state index is 0.719. The van der Waals surface area contributed by atoms with Crippen LogP contribution in [0.3, 0.4) is 0 Å². The summed E-state index contributed by atoms with van der Waals surface area (Å²) in [5, 5.41) is 3.88. The summed E-state index contributed by atoms with van der Waals surface area (Å²) < 4.78 is 0. The van der Waals surface area contributed by atoms with Crippen molar-refractivity contribution in [3.8, 4) is 0 Å². The van der Waals surface area contributed by atoms with E-state index < -0.39 is 0 Å². The molecule has 3 unspecified atom stereocenters. The number of nitrogens with zero attached hydrogens (tertiary/aromatic N) is 1. The molecule has 3 atom stereocenters. The van der Waals surface area contributed by atoms with Crippen LogP contribution in [0.25, 0.3) is 0 Å². The first kappa shape index (κ1) is 12.2. The number of benzene rings is 1. The smallest absolute Gasteiger partial charge is 0.0250 e. The van der Waals surface area contributed by atoms with Crippen LogP contribution in [0.2, 0.25) is 0 Å². The van der Waals surface area contributed by atoms with Gasteiger partial charge in [0.15, 0.2) is 0 Å². The number of hydrogen-bond acceptors (Lipinski definition) is 3. The van der Waals surface area contributed by atoms with E-state index >= 15 is 0 Å². The summed E-state index contributed by atoms with van der Waals surface area (Å²) in [6, 6.07) is 10.5. The summed E-state index contributed by atoms with van der Waals surface area (Å²) in [5.41, 5.74) is 1.57. The highest BCUT2D eigenvalue weighted by atomic mass is 32.2. The summed E-state index contributed by atoms with van der Waals surface area (Å²) in [5.74, 6) is 1.98. The van der Waals surface area contributed by atoms with Gasteiger partial charge >= 0.3 is 0 Å². The van der Waals surface area contributed by atoms with E-state index in [1.807, 2.05) is 11.8 Å². The molecule has 4 rings (SSSR count). The molecule has 0 bridgehead atoms. The summed E-state index contributed by atoms with van der Waals surface area (Å²) >= 11 is 2.03. The zero-order chi connectivity index (χ0) is 12.7. The summed E-state index contributed by atoms with van der Waals surface area (Å²) in [7, 11) is 0. The molecule has 3 aliphatic rings. The van der Waals surface area contributed by atoms with Crippen molar-refractivity contribution in [2.45, 2.75) is 42.2 Å². The molecule has 3 aliphatic heterocycles. The summed E-state index contributed by atoms with van der Waals surface area (Å²) in [6.07, 6.45) is 4.17. The molecule has 1 aromatic rings. The van der Waals surface area contributed by atoms with Crippen LogP contribution in [0.15, 0.2) is 29.2 Å². The maximum Gasteiger partial charge on any atom is 0.0250 e. The van der Waals surface area contributed by atoms with Gasteiger partial charge in [0, 0.05) is 41.7 Å². The third-order valence-electron chi connectivity index (χ3n) is 5.03. The van der Waals surface area contributed by atoms with Crippen molar-refractivity contribution in [3.05, 3.63) is 29.8 Å². The Balaban J connectivity index is 1.39. The first-order valence-corrected chi connectivity index (χ1v) is 8.59. The number of fused-ring (bicyclic) bond motifs is 2. The van der Waals surface area contributed by atoms with E-state index in [2.05, 4.69) is 34.5 Å². The highest BCUT2D eigenvalue weighted by Gasteiger charge is 2.37. The van der Waals surface area contributed by atoms with Gasteiger partial charge in [0.2, 0.25) is 0 Å². The van der Waals surface area contributed by atoms with E-state index in [-0.39, 0.29) is 0 Å². The maximum atomic E-state index is 3.88. The third kappa shape index (κ3) is 2.22. The number of hydrogen-bond donors (Lipinski definition) is 1. The largest absolute Gasteiger partial charge is 0.312 e. The van der Waals surface area contributed by atoms with Gasteiger partial charge in [-0.2, -0.15) is 0 Å². The molecule has 2 fully saturated rings. The molecule has 3 heterocycles. The molecule has 0 aromatic heterocycles. The normalized spacial score (nSPS) is 33.6. The van der Waals surface area contributed by atoms with Crippen LogP contribution in [-0.4, -0.2) is 42.4 Å². The van der Waals surface area contributed by atoms with Crippen molar-refractivity contribution in [1.82, 2.24) is 10.2 Å². The predicted molar refractivity (Wildman–Crippen MR) is 80.9 cm³/mol. The average molecular weight is 274 g/mol. The van der Waals surface area contributed by atoms with Gasteiger partial charge in [-0.05, 0) is 37.4 Å². The first-order valence-electron chi connectivity index (χ1n) is 7.61. The average Bonchev–Trinajstić information content (AvgIpc) is 3.12. The minimum atomic E-state index is 0.719. The fraction of sp³-hybridized carbons (Fsp3) is 0.625. The van der Waals surface area contributed by atoms with Gasteiger partial charge in [-0.3, -0.25) is 4.90 Å². The standard InChI is InChI=1S/C16H22N2S/c1-2-6-16-13(4-1)12(11-19-16)10-17-14-7-9-18-8-3-5-15(14)18/h1-2,4,6,12,14-15,17H,3,5,7-11H2. The Morgan fingerprint density at radius 3 is 3.16 bits per heavy atom. The lowest BCUT2D eigenvalue weighted by Crippen LogP contribution is -2.40. The van der Waals surface area contributed by atoms with Gasteiger partial charge < -0.3 is 5.32 Å². The van der Waals surface area contributed by atoms with E-state index in [0.717, 1.165) is 18.0 Å². The fourth-order valence-electron chi connectivity index (χ4n) is 4.01. The van der Waals surface area contributed by atoms with Gasteiger partial charge in [-0.25, -0.2) is 0 Å². The maximum absolute atomic E-state index is 3.88. The Hall–Kier alpha value is -0.510. The van der Waals surface area contributed by atoms with Crippen LogP contribution in [0.4, 0.5) is 0 Å². The molecule has 0 aliphatic carbocycles. The second-order valence-electron chi connectivity index (χ2n) is 6.09. The van der Waals surface area contributed by atoms with Crippen molar-refractivity contribution in [2.24, 2.45) is 0 Å². The molecule has 19 heavy (non-hydrogen) atoms. The summed E-state index contributed by atoms with van der Waals surface area (Å²) in [4.78, 5) is 4.19. The second kappa shape index (κ2) is 5.12. The van der Waals surface area contributed by atoms with Crippen LogP contribution in [0, 0.1) is 0 Å². The quantitative estimate of drug-likeness (QED) is 0.912. The van der Waals surface area contributed by atoms with Crippen molar-refractivity contribution in [3.63, 3.8) is 0 Å². The first-order chi connectivity index (χ1) is 9.42. The SMILES string of the molecule is c1ccc2c(c1)SCC2CNC1CCN2CCCC12. The van der Waals surface area contributed by atoms with E-state index in [9.17, 15) is 0 Å². The Bertz CT molecular complexity index is 462. The fourth-order valence-corrected chi connectivity index (χ4v) is 5.27. The Morgan fingerprint density at radius 2 is 2.16 bits per heavy atom. The Kier molecular flexibility index (Phi) is 3.30.